The molecule has 31 heavy (non-hydrogen) atoms. The molecule has 0 spiro atoms. The van der Waals surface area contributed by atoms with E-state index in [4.69, 9.17) is 14.2 Å². The molecule has 0 saturated heterocycles. The molecule has 0 atom stereocenters. The van der Waals surface area contributed by atoms with E-state index in [1.54, 1.807) is 24.3 Å². The van der Waals surface area contributed by atoms with Crippen LogP contribution in [0.1, 0.15) is 5.56 Å². The van der Waals surface area contributed by atoms with Crippen molar-refractivity contribution in [1.29, 1.82) is 0 Å². The van der Waals surface area contributed by atoms with Crippen molar-refractivity contribution in [2.24, 2.45) is 5.10 Å². The van der Waals surface area contributed by atoms with Crippen molar-refractivity contribution in [2.75, 3.05) is 34.4 Å². The van der Waals surface area contributed by atoms with Crippen molar-refractivity contribution in [3.05, 3.63) is 60.7 Å². The Morgan fingerprint density at radius 2 is 1.84 bits per heavy atom. The highest BCUT2D eigenvalue weighted by molar-refractivity contribution is 7.89. The topological polar surface area (TPSA) is 107 Å². The van der Waals surface area contributed by atoms with Gasteiger partial charge < -0.3 is 14.2 Å². The maximum Gasteiger partial charge on any atom is 0.255 e. The molecule has 0 unspecified atom stereocenters. The van der Waals surface area contributed by atoms with Gasteiger partial charge in [0.05, 0.1) is 31.9 Å². The predicted molar refractivity (Wildman–Crippen MR) is 117 cm³/mol. The molecular weight excluding hydrogens is 422 g/mol. The van der Waals surface area contributed by atoms with E-state index >= 15 is 0 Å². The van der Waals surface area contributed by atoms with Crippen LogP contribution >= 0.6 is 0 Å². The number of likely N-dealkylation sites (N-methyl/N-ethyl adjacent to an activating group) is 1. The molecule has 0 aromatic heterocycles. The van der Waals surface area contributed by atoms with Gasteiger partial charge in [-0.25, -0.2) is 13.8 Å². The Labute approximate surface area is 182 Å². The number of rotatable bonds is 11. The highest BCUT2D eigenvalue weighted by Gasteiger charge is 2.22. The van der Waals surface area contributed by atoms with Crippen LogP contribution in [0, 0.1) is 0 Å². The van der Waals surface area contributed by atoms with Crippen LogP contribution in [0.5, 0.6) is 17.2 Å². The second-order valence-electron chi connectivity index (χ2n) is 6.24. The summed E-state index contributed by atoms with van der Waals surface area (Å²) in [5, 5.41) is 3.86. The van der Waals surface area contributed by atoms with Crippen LogP contribution in [0.3, 0.4) is 0 Å². The SMILES string of the molecule is C=CCOc1ccc(/C=N\NC(=O)CN(C)S(=O)(=O)c2ccc(OC)cc2)cc1OC. The van der Waals surface area contributed by atoms with Gasteiger partial charge in [0.15, 0.2) is 11.5 Å². The molecular formula is C21H25N3O6S. The molecule has 0 aliphatic rings. The lowest BCUT2D eigenvalue weighted by Crippen LogP contribution is -2.36. The fourth-order valence-electron chi connectivity index (χ4n) is 2.46. The van der Waals surface area contributed by atoms with Crippen molar-refractivity contribution < 1.29 is 27.4 Å². The Hall–Kier alpha value is -3.37. The monoisotopic (exact) mass is 447 g/mol. The number of methoxy groups -OCH3 is 2. The number of ether oxygens (including phenoxy) is 3. The number of amides is 1. The third kappa shape index (κ3) is 6.56. The molecule has 2 rings (SSSR count). The molecule has 0 saturated carbocycles. The molecule has 0 heterocycles. The average molecular weight is 448 g/mol. The van der Waals surface area contributed by atoms with E-state index in [9.17, 15) is 13.2 Å². The van der Waals surface area contributed by atoms with Gasteiger partial charge in [-0.05, 0) is 48.0 Å². The van der Waals surface area contributed by atoms with E-state index in [1.165, 1.54) is 51.7 Å². The van der Waals surface area contributed by atoms with Crippen LogP contribution in [-0.2, 0) is 14.8 Å². The first-order valence-electron chi connectivity index (χ1n) is 9.16. The van der Waals surface area contributed by atoms with Crippen LogP contribution in [0.4, 0.5) is 0 Å². The summed E-state index contributed by atoms with van der Waals surface area (Å²) in [6, 6.07) is 11.0. The lowest BCUT2D eigenvalue weighted by atomic mass is 10.2. The van der Waals surface area contributed by atoms with Gasteiger partial charge in [0, 0.05) is 7.05 Å². The van der Waals surface area contributed by atoms with E-state index in [2.05, 4.69) is 17.1 Å². The fourth-order valence-corrected chi connectivity index (χ4v) is 3.59. The van der Waals surface area contributed by atoms with Crippen molar-refractivity contribution >= 4 is 22.1 Å². The number of sulfonamides is 1. The Morgan fingerprint density at radius 3 is 2.45 bits per heavy atom. The van der Waals surface area contributed by atoms with E-state index in [0.717, 1.165) is 4.31 Å². The van der Waals surface area contributed by atoms with Crippen molar-refractivity contribution in [3.8, 4) is 17.2 Å². The van der Waals surface area contributed by atoms with Crippen molar-refractivity contribution in [3.63, 3.8) is 0 Å². The van der Waals surface area contributed by atoms with Gasteiger partial charge in [0.25, 0.3) is 5.91 Å². The molecule has 1 N–H and O–H groups in total. The summed E-state index contributed by atoms with van der Waals surface area (Å²) in [5.41, 5.74) is 2.96. The third-order valence-corrected chi connectivity index (χ3v) is 5.90. The number of hydrogen-bond donors (Lipinski definition) is 1. The van der Waals surface area contributed by atoms with E-state index in [-0.39, 0.29) is 4.90 Å². The number of benzene rings is 2. The maximum atomic E-state index is 12.6. The van der Waals surface area contributed by atoms with Crippen molar-refractivity contribution in [2.45, 2.75) is 4.90 Å². The first kappa shape index (κ1) is 23.9. The molecule has 0 fully saturated rings. The minimum absolute atomic E-state index is 0.0537. The lowest BCUT2D eigenvalue weighted by Gasteiger charge is -2.16. The fraction of sp³-hybridized carbons (Fsp3) is 0.238. The summed E-state index contributed by atoms with van der Waals surface area (Å²) in [6.07, 6.45) is 3.03. The third-order valence-electron chi connectivity index (χ3n) is 4.08. The zero-order valence-electron chi connectivity index (χ0n) is 17.6. The first-order valence-corrected chi connectivity index (χ1v) is 10.6. The average Bonchev–Trinajstić information content (AvgIpc) is 2.77. The van der Waals surface area contributed by atoms with Gasteiger partial charge in [-0.15, -0.1) is 0 Å². The first-order chi connectivity index (χ1) is 14.8. The Bertz CT molecular complexity index is 1040. The molecule has 166 valence electrons. The standard InChI is InChI=1S/C21H25N3O6S/c1-5-12-30-19-11-6-16(13-20(19)29-4)14-22-23-21(25)15-24(2)31(26,27)18-9-7-17(28-3)8-10-18/h5-11,13-14H,1,12,15H2,2-4H3,(H,23,25)/b22-14-. The molecule has 0 aliphatic heterocycles. The minimum Gasteiger partial charge on any atom is -0.497 e. The maximum absolute atomic E-state index is 12.6. The lowest BCUT2D eigenvalue weighted by molar-refractivity contribution is -0.121. The highest BCUT2D eigenvalue weighted by Crippen LogP contribution is 2.27. The second kappa shape index (κ2) is 11.1. The van der Waals surface area contributed by atoms with Gasteiger partial charge in [-0.2, -0.15) is 9.41 Å². The van der Waals surface area contributed by atoms with Crippen LogP contribution in [0.15, 0.2) is 65.1 Å². The molecule has 2 aromatic carbocycles. The second-order valence-corrected chi connectivity index (χ2v) is 8.28. The van der Waals surface area contributed by atoms with Gasteiger partial charge >= 0.3 is 0 Å². The number of carbonyl (C=O) groups is 1. The zero-order chi connectivity index (χ0) is 22.9. The number of hydrogen-bond acceptors (Lipinski definition) is 7. The summed E-state index contributed by atoms with van der Waals surface area (Å²) in [6.45, 7) is 3.53. The summed E-state index contributed by atoms with van der Waals surface area (Å²) < 4.78 is 41.8. The highest BCUT2D eigenvalue weighted by atomic mass is 32.2. The molecule has 9 nitrogen and oxygen atoms in total. The summed E-state index contributed by atoms with van der Waals surface area (Å²) in [4.78, 5) is 12.2. The Kier molecular flexibility index (Phi) is 8.59. The Balaban J connectivity index is 1.97. The zero-order valence-corrected chi connectivity index (χ0v) is 18.4. The number of nitrogens with zero attached hydrogens (tertiary/aromatic N) is 2. The summed E-state index contributed by atoms with van der Waals surface area (Å²) in [5.74, 6) is 0.996. The van der Waals surface area contributed by atoms with Crippen LogP contribution in [0.2, 0.25) is 0 Å². The van der Waals surface area contributed by atoms with Crippen LogP contribution < -0.4 is 19.6 Å². The van der Waals surface area contributed by atoms with Crippen LogP contribution in [0.25, 0.3) is 0 Å². The van der Waals surface area contributed by atoms with E-state index in [1.807, 2.05) is 0 Å². The minimum atomic E-state index is -3.83. The molecule has 2 aromatic rings. The van der Waals surface area contributed by atoms with Gasteiger partial charge in [0.2, 0.25) is 10.0 Å². The quantitative estimate of drug-likeness (QED) is 0.321. The predicted octanol–water partition coefficient (Wildman–Crippen LogP) is 2.04. The van der Waals surface area contributed by atoms with Gasteiger partial charge in [0.1, 0.15) is 12.4 Å². The van der Waals surface area contributed by atoms with Gasteiger partial charge in [-0.3, -0.25) is 4.79 Å². The van der Waals surface area contributed by atoms with Crippen LogP contribution in [-0.4, -0.2) is 59.3 Å². The number of hydrazone groups is 1. The van der Waals surface area contributed by atoms with Gasteiger partial charge in [-0.1, -0.05) is 12.7 Å². The molecule has 10 heteroatoms. The normalized spacial score (nSPS) is 11.4. The van der Waals surface area contributed by atoms with Crippen molar-refractivity contribution in [1.82, 2.24) is 9.73 Å². The molecule has 0 radical (unpaired) electrons. The van der Waals surface area contributed by atoms with E-state index in [0.29, 0.717) is 29.4 Å². The largest absolute Gasteiger partial charge is 0.497 e. The Morgan fingerprint density at radius 1 is 1.13 bits per heavy atom. The summed E-state index contributed by atoms with van der Waals surface area (Å²) in [7, 11) is 0.485. The number of nitrogens with one attached hydrogen (secondary N) is 1. The molecule has 1 amide bonds. The molecule has 0 bridgehead atoms. The molecule has 0 aliphatic carbocycles. The smallest absolute Gasteiger partial charge is 0.255 e. The van der Waals surface area contributed by atoms with E-state index < -0.39 is 22.5 Å². The summed E-state index contributed by atoms with van der Waals surface area (Å²) >= 11 is 0. The number of carbonyl (C=O) groups excluding carboxylic acids is 1.